The average Bonchev–Trinajstić information content (AvgIpc) is 2.39. The Morgan fingerprint density at radius 1 is 1.58 bits per heavy atom. The largest absolute Gasteiger partial charge is 0.409 e. The highest BCUT2D eigenvalue weighted by Crippen LogP contribution is 2.10. The fourth-order valence-electron chi connectivity index (χ4n) is 1.85. The standard InChI is InChI=1S/C13H20N4O2/c1-4-11(12(14)16-19)13(18)17(3)8-10-7-5-6-9(2)15-10/h5-7,11,19H,4,8H2,1-3H3,(H2,14,16). The summed E-state index contributed by atoms with van der Waals surface area (Å²) in [5.74, 6) is -0.836. The van der Waals surface area contributed by atoms with Crippen LogP contribution in [0.2, 0.25) is 0 Å². The van der Waals surface area contributed by atoms with E-state index in [1.165, 1.54) is 4.90 Å². The number of nitrogens with two attached hydrogens (primary N) is 1. The second kappa shape index (κ2) is 6.72. The van der Waals surface area contributed by atoms with Gasteiger partial charge in [-0.3, -0.25) is 9.78 Å². The van der Waals surface area contributed by atoms with Crippen LogP contribution in [0.4, 0.5) is 0 Å². The van der Waals surface area contributed by atoms with Crippen LogP contribution in [-0.2, 0) is 11.3 Å². The molecule has 6 heteroatoms. The van der Waals surface area contributed by atoms with E-state index >= 15 is 0 Å². The lowest BCUT2D eigenvalue weighted by Gasteiger charge is -2.22. The molecule has 1 aromatic heterocycles. The SMILES string of the molecule is CCC(C(=O)N(C)Cc1cccc(C)n1)C(N)=NO. The van der Waals surface area contributed by atoms with Gasteiger partial charge in [-0.05, 0) is 25.5 Å². The van der Waals surface area contributed by atoms with Crippen LogP contribution in [0.25, 0.3) is 0 Å². The van der Waals surface area contributed by atoms with Crippen molar-refractivity contribution in [2.45, 2.75) is 26.8 Å². The van der Waals surface area contributed by atoms with E-state index in [-0.39, 0.29) is 11.7 Å². The van der Waals surface area contributed by atoms with Crippen LogP contribution in [-0.4, -0.2) is 33.9 Å². The van der Waals surface area contributed by atoms with E-state index < -0.39 is 5.92 Å². The second-order valence-corrected chi connectivity index (χ2v) is 4.45. The smallest absolute Gasteiger partial charge is 0.233 e. The van der Waals surface area contributed by atoms with Crippen molar-refractivity contribution in [3.63, 3.8) is 0 Å². The third kappa shape index (κ3) is 3.94. The van der Waals surface area contributed by atoms with Crippen LogP contribution in [0.5, 0.6) is 0 Å². The normalized spacial score (nSPS) is 13.1. The molecule has 1 rings (SSSR count). The molecular formula is C13H20N4O2. The number of carbonyl (C=O) groups is 1. The maximum Gasteiger partial charge on any atom is 0.233 e. The van der Waals surface area contributed by atoms with Gasteiger partial charge in [-0.1, -0.05) is 18.1 Å². The molecule has 104 valence electrons. The van der Waals surface area contributed by atoms with Crippen molar-refractivity contribution in [1.82, 2.24) is 9.88 Å². The first-order chi connectivity index (χ1) is 8.99. The predicted octanol–water partition coefficient (Wildman–Crippen LogP) is 1.12. The molecule has 0 aliphatic heterocycles. The van der Waals surface area contributed by atoms with Gasteiger partial charge in [-0.15, -0.1) is 0 Å². The molecule has 0 radical (unpaired) electrons. The van der Waals surface area contributed by atoms with Crippen molar-refractivity contribution < 1.29 is 10.0 Å². The first-order valence-electron chi connectivity index (χ1n) is 6.14. The van der Waals surface area contributed by atoms with Crippen LogP contribution in [0.15, 0.2) is 23.4 Å². The molecule has 0 saturated heterocycles. The Kier molecular flexibility index (Phi) is 5.29. The molecule has 6 nitrogen and oxygen atoms in total. The van der Waals surface area contributed by atoms with Gasteiger partial charge >= 0.3 is 0 Å². The van der Waals surface area contributed by atoms with E-state index in [2.05, 4.69) is 10.1 Å². The van der Waals surface area contributed by atoms with Gasteiger partial charge in [0.2, 0.25) is 5.91 Å². The summed E-state index contributed by atoms with van der Waals surface area (Å²) >= 11 is 0. The first kappa shape index (κ1) is 14.9. The molecule has 0 aliphatic rings. The zero-order valence-corrected chi connectivity index (χ0v) is 11.5. The van der Waals surface area contributed by atoms with Crippen molar-refractivity contribution in [3.05, 3.63) is 29.6 Å². The van der Waals surface area contributed by atoms with E-state index in [1.807, 2.05) is 32.0 Å². The number of oxime groups is 1. The summed E-state index contributed by atoms with van der Waals surface area (Å²) in [6.45, 7) is 4.12. The maximum atomic E-state index is 12.2. The lowest BCUT2D eigenvalue weighted by molar-refractivity contribution is -0.132. The lowest BCUT2D eigenvalue weighted by atomic mass is 10.0. The Morgan fingerprint density at radius 2 is 2.26 bits per heavy atom. The highest BCUT2D eigenvalue weighted by Gasteiger charge is 2.24. The number of nitrogens with zero attached hydrogens (tertiary/aromatic N) is 3. The number of amidine groups is 1. The number of carbonyl (C=O) groups excluding carboxylic acids is 1. The minimum Gasteiger partial charge on any atom is -0.409 e. The van der Waals surface area contributed by atoms with Gasteiger partial charge in [0.25, 0.3) is 0 Å². The van der Waals surface area contributed by atoms with Gasteiger partial charge in [0, 0.05) is 12.7 Å². The minimum atomic E-state index is -0.597. The molecule has 1 atom stereocenters. The molecule has 0 saturated carbocycles. The lowest BCUT2D eigenvalue weighted by Crippen LogP contribution is -2.39. The number of hydrogen-bond donors (Lipinski definition) is 2. The highest BCUT2D eigenvalue weighted by molar-refractivity contribution is 6.01. The Balaban J connectivity index is 2.77. The molecular weight excluding hydrogens is 244 g/mol. The summed E-state index contributed by atoms with van der Waals surface area (Å²) in [4.78, 5) is 18.1. The number of rotatable bonds is 5. The maximum absolute atomic E-state index is 12.2. The summed E-state index contributed by atoms with van der Waals surface area (Å²) < 4.78 is 0. The van der Waals surface area contributed by atoms with E-state index in [4.69, 9.17) is 10.9 Å². The zero-order chi connectivity index (χ0) is 14.4. The predicted molar refractivity (Wildman–Crippen MR) is 72.6 cm³/mol. The van der Waals surface area contributed by atoms with Crippen molar-refractivity contribution in [2.24, 2.45) is 16.8 Å². The zero-order valence-electron chi connectivity index (χ0n) is 11.5. The van der Waals surface area contributed by atoms with Crippen molar-refractivity contribution in [1.29, 1.82) is 0 Å². The number of amides is 1. The summed E-state index contributed by atoms with van der Waals surface area (Å²) in [6.07, 6.45) is 0.486. The number of aryl methyl sites for hydroxylation is 1. The monoisotopic (exact) mass is 264 g/mol. The molecule has 1 heterocycles. The third-order valence-corrected chi connectivity index (χ3v) is 2.90. The molecule has 0 spiro atoms. The summed E-state index contributed by atoms with van der Waals surface area (Å²) in [7, 11) is 1.68. The van der Waals surface area contributed by atoms with E-state index in [0.29, 0.717) is 13.0 Å². The number of aromatic nitrogens is 1. The van der Waals surface area contributed by atoms with Crippen molar-refractivity contribution in [3.8, 4) is 0 Å². The molecule has 1 unspecified atom stereocenters. The second-order valence-electron chi connectivity index (χ2n) is 4.45. The average molecular weight is 264 g/mol. The molecule has 0 aromatic carbocycles. The molecule has 0 aliphatic carbocycles. The van der Waals surface area contributed by atoms with Gasteiger partial charge in [0.05, 0.1) is 18.2 Å². The quantitative estimate of drug-likeness (QED) is 0.361. The Hall–Kier alpha value is -2.11. The van der Waals surface area contributed by atoms with Crippen LogP contribution >= 0.6 is 0 Å². The van der Waals surface area contributed by atoms with Crippen LogP contribution in [0, 0.1) is 12.8 Å². The van der Waals surface area contributed by atoms with E-state index in [0.717, 1.165) is 11.4 Å². The highest BCUT2D eigenvalue weighted by atomic mass is 16.4. The number of pyridine rings is 1. The van der Waals surface area contributed by atoms with Gasteiger partial charge in [-0.2, -0.15) is 0 Å². The molecule has 19 heavy (non-hydrogen) atoms. The molecule has 0 bridgehead atoms. The first-order valence-corrected chi connectivity index (χ1v) is 6.14. The van der Waals surface area contributed by atoms with Gasteiger partial charge < -0.3 is 15.8 Å². The molecule has 0 fully saturated rings. The third-order valence-electron chi connectivity index (χ3n) is 2.90. The Bertz CT molecular complexity index is 473. The topological polar surface area (TPSA) is 91.8 Å². The minimum absolute atomic E-state index is 0.0587. The summed E-state index contributed by atoms with van der Waals surface area (Å²) in [5, 5.41) is 11.6. The van der Waals surface area contributed by atoms with Gasteiger partial charge in [0.15, 0.2) is 5.84 Å². The van der Waals surface area contributed by atoms with Crippen LogP contribution in [0.1, 0.15) is 24.7 Å². The van der Waals surface area contributed by atoms with Gasteiger partial charge in [-0.25, -0.2) is 0 Å². The summed E-state index contributed by atoms with van der Waals surface area (Å²) in [6, 6.07) is 5.66. The van der Waals surface area contributed by atoms with Crippen LogP contribution < -0.4 is 5.73 Å². The fourth-order valence-corrected chi connectivity index (χ4v) is 1.85. The Morgan fingerprint density at radius 3 is 2.79 bits per heavy atom. The van der Waals surface area contributed by atoms with Crippen molar-refractivity contribution >= 4 is 11.7 Å². The Labute approximate surface area is 112 Å². The van der Waals surface area contributed by atoms with E-state index in [9.17, 15) is 4.79 Å². The molecule has 1 aromatic rings. The van der Waals surface area contributed by atoms with E-state index in [1.54, 1.807) is 7.05 Å². The molecule has 3 N–H and O–H groups in total. The summed E-state index contributed by atoms with van der Waals surface area (Å²) in [5.41, 5.74) is 7.24. The van der Waals surface area contributed by atoms with Crippen LogP contribution in [0.3, 0.4) is 0 Å². The van der Waals surface area contributed by atoms with Crippen molar-refractivity contribution in [2.75, 3.05) is 7.05 Å². The van der Waals surface area contributed by atoms with Gasteiger partial charge in [0.1, 0.15) is 0 Å². The molecule has 1 amide bonds. The number of hydrogen-bond acceptors (Lipinski definition) is 4. The fraction of sp³-hybridized carbons (Fsp3) is 0.462.